The van der Waals surface area contributed by atoms with Gasteiger partial charge in [0.1, 0.15) is 0 Å². The molecule has 2 aliphatic carbocycles. The molecule has 3 rings (SSSR count). The van der Waals surface area contributed by atoms with Crippen molar-refractivity contribution in [1.82, 2.24) is 4.98 Å². The van der Waals surface area contributed by atoms with E-state index in [-0.39, 0.29) is 6.10 Å². The van der Waals surface area contributed by atoms with Crippen molar-refractivity contribution < 1.29 is 5.11 Å². The molecule has 1 heterocycles. The van der Waals surface area contributed by atoms with Gasteiger partial charge in [-0.3, -0.25) is 4.98 Å². The van der Waals surface area contributed by atoms with Crippen LogP contribution in [0.15, 0.2) is 24.4 Å². The number of nitrogens with zero attached hydrogens (tertiary/aromatic N) is 1. The second-order valence-corrected chi connectivity index (χ2v) is 5.09. The highest BCUT2D eigenvalue weighted by Crippen LogP contribution is 2.49. The minimum Gasteiger partial charge on any atom is -0.393 e. The van der Waals surface area contributed by atoms with Crippen LogP contribution in [-0.4, -0.2) is 16.2 Å². The highest BCUT2D eigenvalue weighted by atomic mass is 16.3. The lowest BCUT2D eigenvalue weighted by atomic mass is 9.83. The molecule has 0 amide bonds. The first-order chi connectivity index (χ1) is 7.33. The first-order valence-electron chi connectivity index (χ1n) is 5.91. The van der Waals surface area contributed by atoms with E-state index in [4.69, 9.17) is 0 Å². The van der Waals surface area contributed by atoms with Gasteiger partial charge in [-0.2, -0.15) is 0 Å². The van der Waals surface area contributed by atoms with Gasteiger partial charge in [-0.1, -0.05) is 6.07 Å². The van der Waals surface area contributed by atoms with E-state index >= 15 is 0 Å². The van der Waals surface area contributed by atoms with Crippen molar-refractivity contribution in [2.45, 2.75) is 31.8 Å². The monoisotopic (exact) mass is 203 g/mol. The van der Waals surface area contributed by atoms with E-state index < -0.39 is 0 Å². The van der Waals surface area contributed by atoms with E-state index in [9.17, 15) is 5.11 Å². The van der Waals surface area contributed by atoms with E-state index in [0.717, 1.165) is 18.8 Å². The van der Waals surface area contributed by atoms with Gasteiger partial charge in [-0.15, -0.1) is 0 Å². The Morgan fingerprint density at radius 1 is 1.27 bits per heavy atom. The Labute approximate surface area is 90.4 Å². The van der Waals surface area contributed by atoms with E-state index in [2.05, 4.69) is 11.1 Å². The molecule has 4 unspecified atom stereocenters. The normalized spacial score (nSPS) is 38.5. The number of aliphatic hydroxyl groups is 1. The first-order valence-corrected chi connectivity index (χ1v) is 5.91. The number of rotatable bonds is 2. The molecule has 2 saturated carbocycles. The summed E-state index contributed by atoms with van der Waals surface area (Å²) < 4.78 is 0. The second kappa shape index (κ2) is 3.60. The maximum Gasteiger partial charge on any atom is 0.0573 e. The molecule has 4 atom stereocenters. The van der Waals surface area contributed by atoms with Crippen LogP contribution in [0.5, 0.6) is 0 Å². The van der Waals surface area contributed by atoms with Crippen LogP contribution in [0.1, 0.15) is 25.0 Å². The average Bonchev–Trinajstić information content (AvgIpc) is 2.77. The van der Waals surface area contributed by atoms with Crippen LogP contribution in [0.4, 0.5) is 0 Å². The van der Waals surface area contributed by atoms with Crippen LogP contribution in [0, 0.1) is 17.8 Å². The molecule has 0 spiro atoms. The summed E-state index contributed by atoms with van der Waals surface area (Å²) in [4.78, 5) is 4.37. The van der Waals surface area contributed by atoms with Crippen molar-refractivity contribution in [2.75, 3.05) is 0 Å². The van der Waals surface area contributed by atoms with Gasteiger partial charge in [0.15, 0.2) is 0 Å². The Hall–Kier alpha value is -0.890. The van der Waals surface area contributed by atoms with Gasteiger partial charge in [-0.25, -0.2) is 0 Å². The molecule has 2 fully saturated rings. The Bertz CT molecular complexity index is 338. The molecule has 2 aliphatic rings. The maximum atomic E-state index is 9.85. The number of pyridine rings is 1. The molecule has 2 bridgehead atoms. The third-order valence-corrected chi connectivity index (χ3v) is 4.11. The largest absolute Gasteiger partial charge is 0.393 e. The molecular formula is C13H17NO. The van der Waals surface area contributed by atoms with Crippen molar-refractivity contribution in [3.8, 4) is 0 Å². The minimum atomic E-state index is -0.0301. The minimum absolute atomic E-state index is 0.0301. The predicted molar refractivity (Wildman–Crippen MR) is 58.3 cm³/mol. The number of aromatic nitrogens is 1. The molecular weight excluding hydrogens is 186 g/mol. The maximum absolute atomic E-state index is 9.85. The molecule has 2 nitrogen and oxygen atoms in total. The summed E-state index contributed by atoms with van der Waals surface area (Å²) >= 11 is 0. The second-order valence-electron chi connectivity index (χ2n) is 5.09. The van der Waals surface area contributed by atoms with Crippen molar-refractivity contribution in [3.63, 3.8) is 0 Å². The van der Waals surface area contributed by atoms with Crippen molar-refractivity contribution in [1.29, 1.82) is 0 Å². The SMILES string of the molecule is OC1CC2CC(Cc3ccccn3)C1C2. The third kappa shape index (κ3) is 1.67. The number of hydrogen-bond donors (Lipinski definition) is 1. The van der Waals surface area contributed by atoms with Gasteiger partial charge in [0.05, 0.1) is 6.10 Å². The molecule has 80 valence electrons. The van der Waals surface area contributed by atoms with Crippen molar-refractivity contribution >= 4 is 0 Å². The zero-order chi connectivity index (χ0) is 10.3. The number of aliphatic hydroxyl groups excluding tert-OH is 1. The van der Waals surface area contributed by atoms with Crippen LogP contribution in [-0.2, 0) is 6.42 Å². The fraction of sp³-hybridized carbons (Fsp3) is 0.615. The summed E-state index contributed by atoms with van der Waals surface area (Å²) in [6, 6.07) is 6.10. The molecule has 2 heteroatoms. The van der Waals surface area contributed by atoms with E-state index in [1.54, 1.807) is 0 Å². The fourth-order valence-electron chi connectivity index (χ4n) is 3.48. The zero-order valence-corrected chi connectivity index (χ0v) is 8.84. The van der Waals surface area contributed by atoms with Gasteiger partial charge >= 0.3 is 0 Å². The quantitative estimate of drug-likeness (QED) is 0.797. The standard InChI is InChI=1S/C13H17NO/c15-13-7-9-5-10(12(13)6-9)8-11-3-1-2-4-14-11/h1-4,9-10,12-13,15H,5-8H2. The Balaban J connectivity index is 1.70. The first kappa shape index (κ1) is 9.34. The zero-order valence-electron chi connectivity index (χ0n) is 8.84. The number of hydrogen-bond acceptors (Lipinski definition) is 2. The number of fused-ring (bicyclic) bond motifs is 2. The third-order valence-electron chi connectivity index (χ3n) is 4.11. The molecule has 0 aliphatic heterocycles. The van der Waals surface area contributed by atoms with Crippen LogP contribution in [0.25, 0.3) is 0 Å². The van der Waals surface area contributed by atoms with Crippen LogP contribution in [0.3, 0.4) is 0 Å². The van der Waals surface area contributed by atoms with Gasteiger partial charge < -0.3 is 5.11 Å². The highest BCUT2D eigenvalue weighted by Gasteiger charge is 2.45. The molecule has 1 aromatic heterocycles. The highest BCUT2D eigenvalue weighted by molar-refractivity contribution is 5.07. The van der Waals surface area contributed by atoms with Crippen LogP contribution < -0.4 is 0 Å². The summed E-state index contributed by atoms with van der Waals surface area (Å²) in [6.07, 6.45) is 6.48. The summed E-state index contributed by atoms with van der Waals surface area (Å²) in [7, 11) is 0. The Morgan fingerprint density at radius 3 is 2.87 bits per heavy atom. The van der Waals surface area contributed by atoms with Gasteiger partial charge in [0.25, 0.3) is 0 Å². The molecule has 1 N–H and O–H groups in total. The van der Waals surface area contributed by atoms with Crippen molar-refractivity contribution in [3.05, 3.63) is 30.1 Å². The van der Waals surface area contributed by atoms with E-state index in [1.165, 1.54) is 18.5 Å². The molecule has 1 aromatic rings. The molecule has 15 heavy (non-hydrogen) atoms. The fourth-order valence-corrected chi connectivity index (χ4v) is 3.48. The van der Waals surface area contributed by atoms with Gasteiger partial charge in [0, 0.05) is 11.9 Å². The van der Waals surface area contributed by atoms with Crippen molar-refractivity contribution in [2.24, 2.45) is 17.8 Å². The smallest absolute Gasteiger partial charge is 0.0573 e. The predicted octanol–water partition coefficient (Wildman–Crippen LogP) is 2.03. The Morgan fingerprint density at radius 2 is 2.20 bits per heavy atom. The van der Waals surface area contributed by atoms with Gasteiger partial charge in [-0.05, 0) is 55.6 Å². The lowest BCUT2D eigenvalue weighted by molar-refractivity contribution is 0.0807. The van der Waals surface area contributed by atoms with Gasteiger partial charge in [0.2, 0.25) is 0 Å². The Kier molecular flexibility index (Phi) is 2.24. The van der Waals surface area contributed by atoms with Crippen LogP contribution >= 0.6 is 0 Å². The topological polar surface area (TPSA) is 33.1 Å². The molecule has 0 saturated heterocycles. The van der Waals surface area contributed by atoms with E-state index in [1.807, 2.05) is 18.3 Å². The summed E-state index contributed by atoms with van der Waals surface area (Å²) in [5.74, 6) is 2.02. The molecule has 0 aromatic carbocycles. The summed E-state index contributed by atoms with van der Waals surface area (Å²) in [5, 5.41) is 9.85. The molecule has 0 radical (unpaired) electrons. The average molecular weight is 203 g/mol. The van der Waals surface area contributed by atoms with E-state index in [0.29, 0.717) is 11.8 Å². The summed E-state index contributed by atoms with van der Waals surface area (Å²) in [6.45, 7) is 0. The summed E-state index contributed by atoms with van der Waals surface area (Å²) in [5.41, 5.74) is 1.18. The lowest BCUT2D eigenvalue weighted by Crippen LogP contribution is -2.25. The lowest BCUT2D eigenvalue weighted by Gasteiger charge is -2.25. The van der Waals surface area contributed by atoms with Crippen LogP contribution in [0.2, 0.25) is 0 Å².